The quantitative estimate of drug-likeness (QED) is 0.822. The van der Waals surface area contributed by atoms with Gasteiger partial charge in [-0.1, -0.05) is 49.4 Å². The highest BCUT2D eigenvalue weighted by Crippen LogP contribution is 2.26. The zero-order valence-corrected chi connectivity index (χ0v) is 12.5. The van der Waals surface area contributed by atoms with Gasteiger partial charge in [-0.25, -0.2) is 0 Å². The van der Waals surface area contributed by atoms with Crippen LogP contribution in [-0.4, -0.2) is 17.3 Å². The summed E-state index contributed by atoms with van der Waals surface area (Å²) in [5.41, 5.74) is 1.76. The van der Waals surface area contributed by atoms with E-state index in [4.69, 9.17) is 11.6 Å². The number of aliphatic hydroxyl groups is 1. The van der Waals surface area contributed by atoms with Gasteiger partial charge in [-0.05, 0) is 37.0 Å². The van der Waals surface area contributed by atoms with Gasteiger partial charge in [-0.2, -0.15) is 0 Å². The molecule has 1 fully saturated rings. The largest absolute Gasteiger partial charge is 0.389 e. The Balaban J connectivity index is 1.85. The summed E-state index contributed by atoms with van der Waals surface area (Å²) in [5.74, 6) is 0. The standard InChI is InChI=1S/C16H24ClNO/c1-13-6-7-14(15(17)10-13)11-18-12-16(19)8-4-2-3-5-9-16/h6-7,10,18-19H,2-5,8-9,11-12H2,1H3. The Hall–Kier alpha value is -0.570. The fourth-order valence-corrected chi connectivity index (χ4v) is 3.09. The van der Waals surface area contributed by atoms with Crippen LogP contribution in [0.1, 0.15) is 49.7 Å². The van der Waals surface area contributed by atoms with Crippen molar-refractivity contribution < 1.29 is 5.11 Å². The molecule has 0 bridgehead atoms. The topological polar surface area (TPSA) is 32.3 Å². The molecule has 19 heavy (non-hydrogen) atoms. The zero-order valence-electron chi connectivity index (χ0n) is 11.7. The lowest BCUT2D eigenvalue weighted by Crippen LogP contribution is -2.39. The first-order chi connectivity index (χ1) is 9.09. The van der Waals surface area contributed by atoms with E-state index in [2.05, 4.69) is 17.4 Å². The molecule has 0 spiro atoms. The van der Waals surface area contributed by atoms with Crippen LogP contribution in [0.2, 0.25) is 5.02 Å². The van der Waals surface area contributed by atoms with Crippen molar-refractivity contribution in [1.29, 1.82) is 0 Å². The maximum atomic E-state index is 10.5. The van der Waals surface area contributed by atoms with E-state index in [-0.39, 0.29) is 0 Å². The minimum absolute atomic E-state index is 0.520. The van der Waals surface area contributed by atoms with E-state index in [1.165, 1.54) is 18.4 Å². The predicted octanol–water partition coefficient (Wildman–Crippen LogP) is 3.82. The number of rotatable bonds is 4. The van der Waals surface area contributed by atoms with Gasteiger partial charge >= 0.3 is 0 Å². The Labute approximate surface area is 121 Å². The van der Waals surface area contributed by atoms with Crippen LogP contribution in [0, 0.1) is 6.92 Å². The zero-order chi connectivity index (χ0) is 13.7. The predicted molar refractivity (Wildman–Crippen MR) is 80.5 cm³/mol. The lowest BCUT2D eigenvalue weighted by molar-refractivity contribution is 0.0250. The molecule has 0 radical (unpaired) electrons. The van der Waals surface area contributed by atoms with Crippen molar-refractivity contribution in [3.05, 3.63) is 34.3 Å². The maximum absolute atomic E-state index is 10.5. The van der Waals surface area contributed by atoms with Crippen LogP contribution in [0.5, 0.6) is 0 Å². The molecule has 1 saturated carbocycles. The fraction of sp³-hybridized carbons (Fsp3) is 0.625. The van der Waals surface area contributed by atoms with E-state index >= 15 is 0 Å². The summed E-state index contributed by atoms with van der Waals surface area (Å²) >= 11 is 6.21. The highest BCUT2D eigenvalue weighted by molar-refractivity contribution is 6.31. The molecule has 0 aliphatic heterocycles. The smallest absolute Gasteiger partial charge is 0.0771 e. The van der Waals surface area contributed by atoms with E-state index in [1.807, 2.05) is 13.0 Å². The molecule has 1 aromatic rings. The lowest BCUT2D eigenvalue weighted by atomic mass is 9.94. The summed E-state index contributed by atoms with van der Waals surface area (Å²) in [6.45, 7) is 3.43. The van der Waals surface area contributed by atoms with Crippen molar-refractivity contribution in [2.45, 2.75) is 57.6 Å². The van der Waals surface area contributed by atoms with Crippen LogP contribution in [0.3, 0.4) is 0 Å². The number of aryl methyl sites for hydroxylation is 1. The van der Waals surface area contributed by atoms with E-state index in [0.29, 0.717) is 6.54 Å². The summed E-state index contributed by atoms with van der Waals surface area (Å²) in [4.78, 5) is 0. The molecule has 0 amide bonds. The van der Waals surface area contributed by atoms with Gasteiger partial charge in [0.15, 0.2) is 0 Å². The highest BCUT2D eigenvalue weighted by atomic mass is 35.5. The highest BCUT2D eigenvalue weighted by Gasteiger charge is 2.27. The first-order valence-corrected chi connectivity index (χ1v) is 7.65. The normalized spacial score (nSPS) is 19.1. The summed E-state index contributed by atoms with van der Waals surface area (Å²) in [7, 11) is 0. The van der Waals surface area contributed by atoms with Crippen LogP contribution < -0.4 is 5.32 Å². The molecular weight excluding hydrogens is 258 g/mol. The van der Waals surface area contributed by atoms with Crippen LogP contribution in [0.4, 0.5) is 0 Å². The number of hydrogen-bond acceptors (Lipinski definition) is 2. The first kappa shape index (κ1) is 14.8. The maximum Gasteiger partial charge on any atom is 0.0771 e. The lowest BCUT2D eigenvalue weighted by Gasteiger charge is -2.27. The van der Waals surface area contributed by atoms with E-state index in [9.17, 15) is 5.11 Å². The summed E-state index contributed by atoms with van der Waals surface area (Å²) < 4.78 is 0. The minimum atomic E-state index is -0.520. The monoisotopic (exact) mass is 281 g/mol. The van der Waals surface area contributed by atoms with Gasteiger partial charge in [0.25, 0.3) is 0 Å². The second kappa shape index (κ2) is 6.74. The van der Waals surface area contributed by atoms with E-state index in [0.717, 1.165) is 42.8 Å². The van der Waals surface area contributed by atoms with Crippen molar-refractivity contribution >= 4 is 11.6 Å². The van der Waals surface area contributed by atoms with Gasteiger partial charge in [-0.15, -0.1) is 0 Å². The second-order valence-electron chi connectivity index (χ2n) is 5.84. The molecule has 1 aliphatic carbocycles. The third kappa shape index (κ3) is 4.48. The average molecular weight is 282 g/mol. The Kier molecular flexibility index (Phi) is 5.26. The Bertz CT molecular complexity index is 411. The molecular formula is C16H24ClNO. The van der Waals surface area contributed by atoms with Crippen molar-refractivity contribution in [2.24, 2.45) is 0 Å². The van der Waals surface area contributed by atoms with Crippen LogP contribution in [0.15, 0.2) is 18.2 Å². The molecule has 0 saturated heterocycles. The summed E-state index contributed by atoms with van der Waals surface area (Å²) in [6, 6.07) is 6.12. The molecule has 3 heteroatoms. The van der Waals surface area contributed by atoms with Gasteiger partial charge in [0, 0.05) is 18.1 Å². The van der Waals surface area contributed by atoms with Gasteiger partial charge in [0.05, 0.1) is 5.60 Å². The van der Waals surface area contributed by atoms with Crippen LogP contribution in [0.25, 0.3) is 0 Å². The Morgan fingerprint density at radius 3 is 2.53 bits per heavy atom. The minimum Gasteiger partial charge on any atom is -0.389 e. The summed E-state index contributed by atoms with van der Waals surface area (Å²) in [6.07, 6.45) is 6.63. The van der Waals surface area contributed by atoms with Crippen molar-refractivity contribution in [1.82, 2.24) is 5.32 Å². The number of hydrogen-bond donors (Lipinski definition) is 2. The molecule has 1 aliphatic rings. The second-order valence-corrected chi connectivity index (χ2v) is 6.24. The van der Waals surface area contributed by atoms with Crippen molar-refractivity contribution in [3.8, 4) is 0 Å². The van der Waals surface area contributed by atoms with Gasteiger partial charge in [-0.3, -0.25) is 0 Å². The average Bonchev–Trinajstić information content (AvgIpc) is 2.57. The molecule has 1 aromatic carbocycles. The summed E-state index contributed by atoms with van der Waals surface area (Å²) in [5, 5.41) is 14.7. The molecule has 0 unspecified atom stereocenters. The van der Waals surface area contributed by atoms with Crippen molar-refractivity contribution in [2.75, 3.05) is 6.54 Å². The third-order valence-corrected chi connectivity index (χ3v) is 4.36. The SMILES string of the molecule is Cc1ccc(CNCC2(O)CCCCCC2)c(Cl)c1. The molecule has 0 aromatic heterocycles. The molecule has 0 atom stereocenters. The number of nitrogens with one attached hydrogen (secondary N) is 1. The molecule has 2 nitrogen and oxygen atoms in total. The molecule has 2 N–H and O–H groups in total. The van der Waals surface area contributed by atoms with E-state index in [1.54, 1.807) is 0 Å². The van der Waals surface area contributed by atoms with Gasteiger partial charge < -0.3 is 10.4 Å². The Morgan fingerprint density at radius 2 is 1.89 bits per heavy atom. The number of halogens is 1. The first-order valence-electron chi connectivity index (χ1n) is 7.27. The third-order valence-electron chi connectivity index (χ3n) is 4.01. The fourth-order valence-electron chi connectivity index (χ4n) is 2.79. The van der Waals surface area contributed by atoms with Crippen molar-refractivity contribution in [3.63, 3.8) is 0 Å². The van der Waals surface area contributed by atoms with Crippen LogP contribution >= 0.6 is 11.6 Å². The number of benzene rings is 1. The van der Waals surface area contributed by atoms with Gasteiger partial charge in [0.1, 0.15) is 0 Å². The van der Waals surface area contributed by atoms with Crippen LogP contribution in [-0.2, 0) is 6.54 Å². The van der Waals surface area contributed by atoms with Gasteiger partial charge in [0.2, 0.25) is 0 Å². The van der Waals surface area contributed by atoms with E-state index < -0.39 is 5.60 Å². The Morgan fingerprint density at radius 1 is 1.21 bits per heavy atom. The molecule has 106 valence electrons. The molecule has 2 rings (SSSR count). The molecule has 0 heterocycles.